The predicted octanol–water partition coefficient (Wildman–Crippen LogP) is 5.71. The van der Waals surface area contributed by atoms with Gasteiger partial charge in [-0.3, -0.25) is 4.79 Å². The molecule has 0 radical (unpaired) electrons. The lowest BCUT2D eigenvalue weighted by Crippen LogP contribution is -2.14. The first kappa shape index (κ1) is 20.0. The highest BCUT2D eigenvalue weighted by Gasteiger charge is 2.19. The number of carbonyl (C=O) groups excluding carboxylic acids is 1. The molecule has 7 heteroatoms. The molecule has 5 nitrogen and oxygen atoms in total. The average molecular weight is 465 g/mol. The summed E-state index contributed by atoms with van der Waals surface area (Å²) in [5, 5.41) is 7.25. The zero-order valence-electron chi connectivity index (χ0n) is 16.4. The number of amides is 1. The monoisotopic (exact) mass is 464 g/mol. The van der Waals surface area contributed by atoms with Crippen molar-refractivity contribution >= 4 is 27.5 Å². The van der Waals surface area contributed by atoms with Gasteiger partial charge in [-0.05, 0) is 73.5 Å². The molecule has 0 fully saturated rings. The number of halogens is 2. The lowest BCUT2D eigenvalue weighted by atomic mass is 10.1. The molecule has 4 rings (SSSR count). The smallest absolute Gasteiger partial charge is 0.295 e. The summed E-state index contributed by atoms with van der Waals surface area (Å²) in [5.74, 6) is -0.260. The summed E-state index contributed by atoms with van der Waals surface area (Å²) in [6.45, 7) is 4.00. The molecule has 4 aromatic rings. The Bertz CT molecular complexity index is 1150. The van der Waals surface area contributed by atoms with Crippen molar-refractivity contribution in [2.24, 2.45) is 0 Å². The molecular formula is C23H18BrFN4O. The van der Waals surface area contributed by atoms with E-state index in [0.717, 1.165) is 21.2 Å². The molecule has 1 amide bonds. The van der Waals surface area contributed by atoms with Gasteiger partial charge in [0, 0.05) is 15.7 Å². The lowest BCUT2D eigenvalue weighted by Gasteiger charge is -2.06. The van der Waals surface area contributed by atoms with Gasteiger partial charge in [0.2, 0.25) is 5.82 Å². The van der Waals surface area contributed by atoms with Gasteiger partial charge in [-0.15, -0.1) is 5.10 Å². The Morgan fingerprint density at radius 3 is 2.33 bits per heavy atom. The van der Waals surface area contributed by atoms with E-state index in [1.54, 1.807) is 12.1 Å². The molecule has 150 valence electrons. The average Bonchev–Trinajstić information content (AvgIpc) is 3.17. The second-order valence-electron chi connectivity index (χ2n) is 6.91. The fourth-order valence-electron chi connectivity index (χ4n) is 2.96. The number of nitrogens with one attached hydrogen (secondary N) is 1. The minimum atomic E-state index is -0.419. The molecule has 0 spiro atoms. The Morgan fingerprint density at radius 2 is 1.67 bits per heavy atom. The summed E-state index contributed by atoms with van der Waals surface area (Å²) in [7, 11) is 0. The van der Waals surface area contributed by atoms with Crippen LogP contribution in [-0.4, -0.2) is 20.7 Å². The van der Waals surface area contributed by atoms with Crippen LogP contribution in [0, 0.1) is 19.7 Å². The fraction of sp³-hybridized carbons (Fsp3) is 0.0870. The standard InChI is InChI=1S/C23H18BrFN4O/c1-14-3-10-19(13-15(14)2)26-23(30)21-27-22(16-4-6-17(24)7-5-16)29(28-21)20-11-8-18(25)9-12-20/h3-13H,1-2H3,(H,26,30). The van der Waals surface area contributed by atoms with Crippen LogP contribution in [0.3, 0.4) is 0 Å². The second-order valence-corrected chi connectivity index (χ2v) is 7.82. The van der Waals surface area contributed by atoms with Crippen LogP contribution < -0.4 is 5.32 Å². The van der Waals surface area contributed by atoms with E-state index >= 15 is 0 Å². The SMILES string of the molecule is Cc1ccc(NC(=O)c2nc(-c3ccc(Br)cc3)n(-c3ccc(F)cc3)n2)cc1C. The number of rotatable bonds is 4. The zero-order valence-corrected chi connectivity index (χ0v) is 17.9. The number of aryl methyl sites for hydroxylation is 2. The van der Waals surface area contributed by atoms with E-state index in [0.29, 0.717) is 17.2 Å². The lowest BCUT2D eigenvalue weighted by molar-refractivity contribution is 0.101. The Hall–Kier alpha value is -3.32. The van der Waals surface area contributed by atoms with E-state index < -0.39 is 5.91 Å². The molecule has 0 unspecified atom stereocenters. The van der Waals surface area contributed by atoms with Crippen LogP contribution in [0.5, 0.6) is 0 Å². The van der Waals surface area contributed by atoms with Crippen molar-refractivity contribution in [3.05, 3.63) is 94.0 Å². The van der Waals surface area contributed by atoms with Gasteiger partial charge in [0.15, 0.2) is 5.82 Å². The maximum absolute atomic E-state index is 13.4. The molecule has 0 aliphatic carbocycles. The largest absolute Gasteiger partial charge is 0.319 e. The van der Waals surface area contributed by atoms with Crippen LogP contribution >= 0.6 is 15.9 Å². The summed E-state index contributed by atoms with van der Waals surface area (Å²) in [5.41, 5.74) is 4.27. The highest BCUT2D eigenvalue weighted by atomic mass is 79.9. The third-order valence-corrected chi connectivity index (χ3v) is 5.28. The van der Waals surface area contributed by atoms with E-state index in [4.69, 9.17) is 0 Å². The first-order valence-corrected chi connectivity index (χ1v) is 10.1. The van der Waals surface area contributed by atoms with Crippen LogP contribution in [0.4, 0.5) is 10.1 Å². The summed E-state index contributed by atoms with van der Waals surface area (Å²) >= 11 is 3.42. The Kier molecular flexibility index (Phi) is 5.46. The van der Waals surface area contributed by atoms with Gasteiger partial charge in [0.1, 0.15) is 5.82 Å². The maximum atomic E-state index is 13.4. The van der Waals surface area contributed by atoms with Crippen LogP contribution in [0.2, 0.25) is 0 Å². The Morgan fingerprint density at radius 1 is 0.967 bits per heavy atom. The molecule has 1 heterocycles. The van der Waals surface area contributed by atoms with E-state index in [1.807, 2.05) is 56.3 Å². The fourth-order valence-corrected chi connectivity index (χ4v) is 3.23. The number of hydrogen-bond donors (Lipinski definition) is 1. The van der Waals surface area contributed by atoms with E-state index in [1.165, 1.54) is 16.8 Å². The normalized spacial score (nSPS) is 10.8. The van der Waals surface area contributed by atoms with Crippen molar-refractivity contribution < 1.29 is 9.18 Å². The van der Waals surface area contributed by atoms with E-state index in [2.05, 4.69) is 31.3 Å². The second kappa shape index (κ2) is 8.20. The quantitative estimate of drug-likeness (QED) is 0.420. The topological polar surface area (TPSA) is 59.8 Å². The molecular weight excluding hydrogens is 447 g/mol. The van der Waals surface area contributed by atoms with Gasteiger partial charge in [-0.25, -0.2) is 14.1 Å². The van der Waals surface area contributed by atoms with Gasteiger partial charge in [0.05, 0.1) is 5.69 Å². The van der Waals surface area contributed by atoms with Crippen LogP contribution in [0.25, 0.3) is 17.1 Å². The Labute approximate surface area is 181 Å². The third kappa shape index (κ3) is 4.16. The number of nitrogens with zero attached hydrogens (tertiary/aromatic N) is 3. The molecule has 3 aromatic carbocycles. The molecule has 0 aliphatic heterocycles. The molecule has 0 atom stereocenters. The number of benzene rings is 3. The number of carbonyl (C=O) groups is 1. The highest BCUT2D eigenvalue weighted by molar-refractivity contribution is 9.10. The molecule has 30 heavy (non-hydrogen) atoms. The van der Waals surface area contributed by atoms with Crippen molar-refractivity contribution in [1.82, 2.24) is 14.8 Å². The molecule has 0 aliphatic rings. The van der Waals surface area contributed by atoms with Crippen molar-refractivity contribution in [3.8, 4) is 17.1 Å². The minimum Gasteiger partial charge on any atom is -0.319 e. The minimum absolute atomic E-state index is 0.0236. The number of anilines is 1. The van der Waals surface area contributed by atoms with Gasteiger partial charge < -0.3 is 5.32 Å². The zero-order chi connectivity index (χ0) is 21.3. The third-order valence-electron chi connectivity index (χ3n) is 4.75. The van der Waals surface area contributed by atoms with Crippen LogP contribution in [-0.2, 0) is 0 Å². The molecule has 1 aromatic heterocycles. The van der Waals surface area contributed by atoms with Crippen molar-refractivity contribution in [1.29, 1.82) is 0 Å². The van der Waals surface area contributed by atoms with E-state index in [9.17, 15) is 9.18 Å². The molecule has 0 saturated carbocycles. The predicted molar refractivity (Wildman–Crippen MR) is 118 cm³/mol. The van der Waals surface area contributed by atoms with Gasteiger partial charge in [-0.1, -0.05) is 34.1 Å². The molecule has 1 N–H and O–H groups in total. The van der Waals surface area contributed by atoms with Crippen molar-refractivity contribution in [2.75, 3.05) is 5.32 Å². The maximum Gasteiger partial charge on any atom is 0.295 e. The first-order valence-electron chi connectivity index (χ1n) is 9.28. The number of aromatic nitrogens is 3. The summed E-state index contributed by atoms with van der Waals surface area (Å²) in [4.78, 5) is 17.3. The van der Waals surface area contributed by atoms with E-state index in [-0.39, 0.29) is 11.6 Å². The Balaban J connectivity index is 1.74. The van der Waals surface area contributed by atoms with Crippen LogP contribution in [0.15, 0.2) is 71.2 Å². The van der Waals surface area contributed by atoms with Gasteiger partial charge in [-0.2, -0.15) is 0 Å². The van der Waals surface area contributed by atoms with Crippen LogP contribution in [0.1, 0.15) is 21.7 Å². The molecule has 0 bridgehead atoms. The number of hydrogen-bond acceptors (Lipinski definition) is 3. The van der Waals surface area contributed by atoms with Gasteiger partial charge in [0.25, 0.3) is 5.91 Å². The van der Waals surface area contributed by atoms with Crippen molar-refractivity contribution in [3.63, 3.8) is 0 Å². The first-order chi connectivity index (χ1) is 14.4. The van der Waals surface area contributed by atoms with Crippen molar-refractivity contribution in [2.45, 2.75) is 13.8 Å². The van der Waals surface area contributed by atoms with Gasteiger partial charge >= 0.3 is 0 Å². The highest BCUT2D eigenvalue weighted by Crippen LogP contribution is 2.24. The summed E-state index contributed by atoms with van der Waals surface area (Å²) < 4.78 is 15.9. The summed E-state index contributed by atoms with van der Waals surface area (Å²) in [6.07, 6.45) is 0. The summed E-state index contributed by atoms with van der Waals surface area (Å²) in [6, 6.07) is 19.1. The molecule has 0 saturated heterocycles.